The van der Waals surface area contributed by atoms with E-state index in [1.165, 1.54) is 11.3 Å². The molecule has 18 heavy (non-hydrogen) atoms. The van der Waals surface area contributed by atoms with Gasteiger partial charge in [0.1, 0.15) is 0 Å². The Morgan fingerprint density at radius 2 is 2.11 bits per heavy atom. The number of anilines is 1. The summed E-state index contributed by atoms with van der Waals surface area (Å²) in [6.45, 7) is 3.85. The number of nitrogens with zero attached hydrogens (tertiary/aromatic N) is 1. The van der Waals surface area contributed by atoms with E-state index in [9.17, 15) is 4.79 Å². The highest BCUT2D eigenvalue weighted by Gasteiger charge is 2.14. The van der Waals surface area contributed by atoms with Crippen molar-refractivity contribution in [2.75, 3.05) is 5.73 Å². The van der Waals surface area contributed by atoms with E-state index in [-0.39, 0.29) is 11.9 Å². The molecule has 0 bridgehead atoms. The van der Waals surface area contributed by atoms with Crippen LogP contribution in [0.5, 0.6) is 0 Å². The predicted octanol–water partition coefficient (Wildman–Crippen LogP) is 2.52. The van der Waals surface area contributed by atoms with E-state index in [4.69, 9.17) is 5.73 Å². The van der Waals surface area contributed by atoms with E-state index in [1.807, 2.05) is 26.0 Å². The van der Waals surface area contributed by atoms with E-state index in [0.29, 0.717) is 10.6 Å². The summed E-state index contributed by atoms with van der Waals surface area (Å²) >= 11 is 1.41. The Kier molecular flexibility index (Phi) is 3.62. The Balaban J connectivity index is 2.08. The number of aromatic nitrogens is 1. The number of nitrogens with two attached hydrogens (primary N) is 1. The highest BCUT2D eigenvalue weighted by molar-refractivity contribution is 7.14. The Labute approximate surface area is 110 Å². The molecule has 1 amide bonds. The molecule has 0 radical (unpaired) electrons. The number of carbonyl (C=O) groups excluding carboxylic acids is 1. The van der Waals surface area contributed by atoms with Gasteiger partial charge < -0.3 is 11.1 Å². The molecule has 4 nitrogen and oxygen atoms in total. The van der Waals surface area contributed by atoms with Crippen molar-refractivity contribution in [3.05, 3.63) is 45.9 Å². The lowest BCUT2D eigenvalue weighted by atomic mass is 10.1. The maximum atomic E-state index is 12.0. The Bertz CT molecular complexity index is 531. The average molecular weight is 261 g/mol. The minimum Gasteiger partial charge on any atom is -0.398 e. The van der Waals surface area contributed by atoms with Crippen LogP contribution in [0.2, 0.25) is 0 Å². The van der Waals surface area contributed by atoms with Gasteiger partial charge in [-0.3, -0.25) is 9.78 Å². The number of carbonyl (C=O) groups is 1. The first-order valence-corrected chi connectivity index (χ1v) is 6.46. The molecule has 0 aliphatic heterocycles. The van der Waals surface area contributed by atoms with Crippen molar-refractivity contribution in [3.8, 4) is 0 Å². The van der Waals surface area contributed by atoms with Gasteiger partial charge in [0, 0.05) is 23.0 Å². The zero-order valence-corrected chi connectivity index (χ0v) is 11.1. The van der Waals surface area contributed by atoms with Gasteiger partial charge in [0.05, 0.1) is 10.9 Å². The number of hydrogen-bond acceptors (Lipinski definition) is 4. The zero-order valence-electron chi connectivity index (χ0n) is 10.3. The molecule has 2 aromatic rings. The first-order chi connectivity index (χ1) is 8.58. The SMILES string of the molecule is Cc1sc(C(=O)NC(C)c2ccncc2)cc1N. The fourth-order valence-electron chi connectivity index (χ4n) is 1.61. The van der Waals surface area contributed by atoms with E-state index in [0.717, 1.165) is 10.4 Å². The van der Waals surface area contributed by atoms with E-state index in [2.05, 4.69) is 10.3 Å². The highest BCUT2D eigenvalue weighted by Crippen LogP contribution is 2.24. The standard InChI is InChI=1S/C13H15N3OS/c1-8(10-3-5-15-6-4-10)16-13(17)12-7-11(14)9(2)18-12/h3-8H,14H2,1-2H3,(H,16,17). The Morgan fingerprint density at radius 3 is 2.67 bits per heavy atom. The van der Waals surface area contributed by atoms with Gasteiger partial charge in [-0.1, -0.05) is 0 Å². The van der Waals surface area contributed by atoms with Gasteiger partial charge >= 0.3 is 0 Å². The molecule has 0 aliphatic carbocycles. The molecule has 0 fully saturated rings. The smallest absolute Gasteiger partial charge is 0.261 e. The number of pyridine rings is 1. The Morgan fingerprint density at radius 1 is 1.44 bits per heavy atom. The lowest BCUT2D eigenvalue weighted by Gasteiger charge is -2.13. The van der Waals surface area contributed by atoms with Crippen molar-refractivity contribution in [3.63, 3.8) is 0 Å². The molecule has 2 rings (SSSR count). The van der Waals surface area contributed by atoms with Crippen LogP contribution in [0.3, 0.4) is 0 Å². The van der Waals surface area contributed by atoms with Crippen molar-refractivity contribution in [2.45, 2.75) is 19.9 Å². The molecule has 0 spiro atoms. The molecule has 1 atom stereocenters. The van der Waals surface area contributed by atoms with E-state index < -0.39 is 0 Å². The van der Waals surface area contributed by atoms with Crippen molar-refractivity contribution >= 4 is 22.9 Å². The van der Waals surface area contributed by atoms with Gasteiger partial charge in [-0.05, 0) is 37.6 Å². The van der Waals surface area contributed by atoms with Crippen molar-refractivity contribution in [1.82, 2.24) is 10.3 Å². The van der Waals surface area contributed by atoms with E-state index in [1.54, 1.807) is 18.5 Å². The summed E-state index contributed by atoms with van der Waals surface area (Å²) < 4.78 is 0. The maximum absolute atomic E-state index is 12.0. The third kappa shape index (κ3) is 2.68. The molecule has 1 unspecified atom stereocenters. The maximum Gasteiger partial charge on any atom is 0.261 e. The molecule has 2 aromatic heterocycles. The average Bonchev–Trinajstić information content (AvgIpc) is 2.71. The molecule has 0 saturated heterocycles. The molecule has 0 saturated carbocycles. The van der Waals surface area contributed by atoms with Gasteiger partial charge in [0.15, 0.2) is 0 Å². The topological polar surface area (TPSA) is 68.0 Å². The molecule has 94 valence electrons. The second kappa shape index (κ2) is 5.18. The number of nitrogen functional groups attached to an aromatic ring is 1. The van der Waals surface area contributed by atoms with Gasteiger partial charge in [0.25, 0.3) is 5.91 Å². The monoisotopic (exact) mass is 261 g/mol. The first kappa shape index (κ1) is 12.6. The van der Waals surface area contributed by atoms with Crippen LogP contribution in [0.25, 0.3) is 0 Å². The van der Waals surface area contributed by atoms with Crippen LogP contribution in [0.4, 0.5) is 5.69 Å². The van der Waals surface area contributed by atoms with Crippen LogP contribution in [0.15, 0.2) is 30.6 Å². The lowest BCUT2D eigenvalue weighted by Crippen LogP contribution is -2.25. The van der Waals surface area contributed by atoms with Gasteiger partial charge in [-0.15, -0.1) is 11.3 Å². The van der Waals surface area contributed by atoms with Gasteiger partial charge in [-0.2, -0.15) is 0 Å². The van der Waals surface area contributed by atoms with E-state index >= 15 is 0 Å². The summed E-state index contributed by atoms with van der Waals surface area (Å²) in [5.41, 5.74) is 7.44. The highest BCUT2D eigenvalue weighted by atomic mass is 32.1. The minimum atomic E-state index is -0.0934. The molecular weight excluding hydrogens is 246 g/mol. The largest absolute Gasteiger partial charge is 0.398 e. The molecule has 0 aromatic carbocycles. The number of thiophene rings is 1. The second-order valence-corrected chi connectivity index (χ2v) is 5.35. The molecule has 2 heterocycles. The summed E-state index contributed by atoms with van der Waals surface area (Å²) in [4.78, 5) is 17.6. The number of hydrogen-bond donors (Lipinski definition) is 2. The van der Waals surface area contributed by atoms with Crippen LogP contribution in [-0.2, 0) is 0 Å². The third-order valence-electron chi connectivity index (χ3n) is 2.73. The fraction of sp³-hybridized carbons (Fsp3) is 0.231. The van der Waals surface area contributed by atoms with Crippen molar-refractivity contribution < 1.29 is 4.79 Å². The summed E-state index contributed by atoms with van der Waals surface area (Å²) in [6, 6.07) is 5.44. The Hall–Kier alpha value is -1.88. The van der Waals surface area contributed by atoms with Crippen LogP contribution in [-0.4, -0.2) is 10.9 Å². The summed E-state index contributed by atoms with van der Waals surface area (Å²) in [5.74, 6) is -0.0934. The number of amides is 1. The second-order valence-electron chi connectivity index (χ2n) is 4.10. The van der Waals surface area contributed by atoms with Gasteiger partial charge in [-0.25, -0.2) is 0 Å². The summed E-state index contributed by atoms with van der Waals surface area (Å²) in [5, 5.41) is 2.94. The van der Waals surface area contributed by atoms with Crippen LogP contribution in [0, 0.1) is 6.92 Å². The zero-order chi connectivity index (χ0) is 13.1. The predicted molar refractivity (Wildman–Crippen MR) is 73.6 cm³/mol. The quantitative estimate of drug-likeness (QED) is 0.892. The number of aryl methyl sites for hydroxylation is 1. The molecule has 0 aliphatic rings. The molecule has 3 N–H and O–H groups in total. The number of rotatable bonds is 3. The summed E-state index contributed by atoms with van der Waals surface area (Å²) in [6.07, 6.45) is 3.43. The lowest BCUT2D eigenvalue weighted by molar-refractivity contribution is 0.0944. The van der Waals surface area contributed by atoms with Crippen LogP contribution >= 0.6 is 11.3 Å². The number of nitrogens with one attached hydrogen (secondary N) is 1. The summed E-state index contributed by atoms with van der Waals surface area (Å²) in [7, 11) is 0. The van der Waals surface area contributed by atoms with Gasteiger partial charge in [0.2, 0.25) is 0 Å². The molecular formula is C13H15N3OS. The van der Waals surface area contributed by atoms with Crippen molar-refractivity contribution in [1.29, 1.82) is 0 Å². The fourth-order valence-corrected chi connectivity index (χ4v) is 2.46. The molecule has 5 heteroatoms. The minimum absolute atomic E-state index is 0.0517. The van der Waals surface area contributed by atoms with Crippen LogP contribution < -0.4 is 11.1 Å². The normalized spacial score (nSPS) is 12.1. The third-order valence-corrected chi connectivity index (χ3v) is 3.80. The van der Waals surface area contributed by atoms with Crippen LogP contribution in [0.1, 0.15) is 33.1 Å². The first-order valence-electron chi connectivity index (χ1n) is 5.64. The van der Waals surface area contributed by atoms with Crippen molar-refractivity contribution in [2.24, 2.45) is 0 Å².